The Morgan fingerprint density at radius 3 is 2.61 bits per heavy atom. The van der Waals surface area contributed by atoms with E-state index < -0.39 is 0 Å². The Balaban J connectivity index is 1.75. The first kappa shape index (κ1) is 15.9. The third-order valence-electron chi connectivity index (χ3n) is 4.15. The van der Waals surface area contributed by atoms with Crippen molar-refractivity contribution in [2.24, 2.45) is 0 Å². The smallest absolute Gasteiger partial charge is 0.173 e. The summed E-state index contributed by atoms with van der Waals surface area (Å²) in [5.41, 5.74) is 2.90. The molecule has 1 heterocycles. The number of aryl methyl sites for hydroxylation is 1. The van der Waals surface area contributed by atoms with Crippen molar-refractivity contribution in [3.05, 3.63) is 65.2 Å². The van der Waals surface area contributed by atoms with Crippen LogP contribution in [-0.2, 0) is 13.0 Å². The molecule has 0 amide bonds. The number of thiocarbonyl (C=S) groups is 1. The molecular weight excluding hydrogens is 314 g/mol. The van der Waals surface area contributed by atoms with Gasteiger partial charge in [0.1, 0.15) is 11.6 Å². The largest absolute Gasteiger partial charge is 0.358 e. The zero-order chi connectivity index (χ0) is 16.4. The van der Waals surface area contributed by atoms with Gasteiger partial charge < -0.3 is 10.2 Å². The van der Waals surface area contributed by atoms with Crippen LogP contribution in [0.2, 0.25) is 0 Å². The molecule has 0 spiro atoms. The zero-order valence-electron chi connectivity index (χ0n) is 12.9. The molecule has 1 unspecified atom stereocenters. The SMILES string of the molecule is CC1CCc2cc(F)ccc2N1C(=S)NCc1ccc(F)cc1. The molecule has 0 saturated carbocycles. The molecule has 1 aliphatic heterocycles. The molecule has 0 aliphatic carbocycles. The van der Waals surface area contributed by atoms with E-state index in [1.54, 1.807) is 24.3 Å². The minimum absolute atomic E-state index is 0.219. The average molecular weight is 332 g/mol. The predicted molar refractivity (Wildman–Crippen MR) is 92.5 cm³/mol. The molecule has 1 aliphatic rings. The van der Waals surface area contributed by atoms with Crippen molar-refractivity contribution in [3.63, 3.8) is 0 Å². The van der Waals surface area contributed by atoms with Crippen LogP contribution < -0.4 is 10.2 Å². The van der Waals surface area contributed by atoms with Crippen molar-refractivity contribution < 1.29 is 8.78 Å². The number of halogens is 2. The summed E-state index contributed by atoms with van der Waals surface area (Å²) >= 11 is 5.53. The minimum atomic E-state index is -0.253. The second-order valence-corrected chi connectivity index (χ2v) is 6.20. The fourth-order valence-corrected chi connectivity index (χ4v) is 3.25. The van der Waals surface area contributed by atoms with Gasteiger partial charge in [0.15, 0.2) is 5.11 Å². The molecule has 2 aromatic rings. The standard InChI is InChI=1S/C18H18F2N2S/c1-12-2-5-14-10-16(20)8-9-17(14)22(12)18(23)21-11-13-3-6-15(19)7-4-13/h3-4,6-10,12H,2,5,11H2,1H3,(H,21,23). The van der Waals surface area contributed by atoms with Crippen LogP contribution in [0, 0.1) is 11.6 Å². The van der Waals surface area contributed by atoms with Crippen molar-refractivity contribution >= 4 is 23.0 Å². The van der Waals surface area contributed by atoms with Crippen molar-refractivity contribution in [2.75, 3.05) is 4.90 Å². The van der Waals surface area contributed by atoms with Crippen LogP contribution in [0.4, 0.5) is 14.5 Å². The normalized spacial score (nSPS) is 16.8. The van der Waals surface area contributed by atoms with Crippen LogP contribution >= 0.6 is 12.2 Å². The molecule has 2 aromatic carbocycles. The second-order valence-electron chi connectivity index (χ2n) is 5.82. The van der Waals surface area contributed by atoms with Crippen molar-refractivity contribution in [3.8, 4) is 0 Å². The first-order valence-corrected chi connectivity index (χ1v) is 8.05. The van der Waals surface area contributed by atoms with Gasteiger partial charge in [-0.3, -0.25) is 0 Å². The van der Waals surface area contributed by atoms with Crippen molar-refractivity contribution in [2.45, 2.75) is 32.4 Å². The number of anilines is 1. The lowest BCUT2D eigenvalue weighted by Crippen LogP contribution is -2.47. The van der Waals surface area contributed by atoms with Gasteiger partial charge in [-0.15, -0.1) is 0 Å². The number of nitrogens with one attached hydrogen (secondary N) is 1. The lowest BCUT2D eigenvalue weighted by atomic mass is 9.97. The third kappa shape index (κ3) is 3.50. The van der Waals surface area contributed by atoms with Crippen molar-refractivity contribution in [1.29, 1.82) is 0 Å². The van der Waals surface area contributed by atoms with E-state index in [1.807, 2.05) is 4.90 Å². The predicted octanol–water partition coefficient (Wildman–Crippen LogP) is 4.18. The Morgan fingerprint density at radius 2 is 1.87 bits per heavy atom. The molecular formula is C18H18F2N2S. The number of nitrogens with zero attached hydrogens (tertiary/aromatic N) is 1. The Labute approximate surface area is 140 Å². The van der Waals surface area contributed by atoms with Gasteiger partial charge in [-0.1, -0.05) is 12.1 Å². The topological polar surface area (TPSA) is 15.3 Å². The van der Waals surface area contributed by atoms with Crippen LogP contribution in [0.5, 0.6) is 0 Å². The number of hydrogen-bond acceptors (Lipinski definition) is 1. The highest BCUT2D eigenvalue weighted by atomic mass is 32.1. The lowest BCUT2D eigenvalue weighted by Gasteiger charge is -2.37. The molecule has 0 aromatic heterocycles. The molecule has 1 atom stereocenters. The van der Waals surface area contributed by atoms with E-state index in [0.717, 1.165) is 29.7 Å². The van der Waals surface area contributed by atoms with Crippen molar-refractivity contribution in [1.82, 2.24) is 5.32 Å². The maximum absolute atomic E-state index is 13.4. The van der Waals surface area contributed by atoms with E-state index in [9.17, 15) is 8.78 Å². The fourth-order valence-electron chi connectivity index (χ4n) is 2.89. The Kier molecular flexibility index (Phi) is 4.57. The van der Waals surface area contributed by atoms with Gasteiger partial charge in [-0.25, -0.2) is 8.78 Å². The summed E-state index contributed by atoms with van der Waals surface area (Å²) in [5.74, 6) is -0.472. The van der Waals surface area contributed by atoms with Gasteiger partial charge in [-0.2, -0.15) is 0 Å². The van der Waals surface area contributed by atoms with E-state index in [4.69, 9.17) is 12.2 Å². The Bertz CT molecular complexity index is 715. The summed E-state index contributed by atoms with van der Waals surface area (Å²) < 4.78 is 26.4. The second kappa shape index (κ2) is 6.62. The highest BCUT2D eigenvalue weighted by Gasteiger charge is 2.26. The molecule has 3 rings (SSSR count). The Hall–Kier alpha value is -2.01. The monoisotopic (exact) mass is 332 g/mol. The lowest BCUT2D eigenvalue weighted by molar-refractivity contribution is 0.600. The molecule has 120 valence electrons. The van der Waals surface area contributed by atoms with Crippen LogP contribution in [0.15, 0.2) is 42.5 Å². The van der Waals surface area contributed by atoms with Gasteiger partial charge in [0.05, 0.1) is 0 Å². The number of fused-ring (bicyclic) bond motifs is 1. The average Bonchev–Trinajstić information content (AvgIpc) is 2.54. The molecule has 0 saturated heterocycles. The third-order valence-corrected chi connectivity index (χ3v) is 4.49. The van der Waals surface area contributed by atoms with Gasteiger partial charge in [-0.05, 0) is 73.4 Å². The highest BCUT2D eigenvalue weighted by Crippen LogP contribution is 2.31. The number of rotatable bonds is 2. The van der Waals surface area contributed by atoms with Gasteiger partial charge >= 0.3 is 0 Å². The molecule has 23 heavy (non-hydrogen) atoms. The molecule has 1 N–H and O–H groups in total. The molecule has 0 radical (unpaired) electrons. The van der Waals surface area contributed by atoms with Crippen LogP contribution in [0.3, 0.4) is 0 Å². The van der Waals surface area contributed by atoms with Crippen LogP contribution in [0.25, 0.3) is 0 Å². The molecule has 0 bridgehead atoms. The number of hydrogen-bond donors (Lipinski definition) is 1. The Morgan fingerprint density at radius 1 is 1.17 bits per heavy atom. The first-order valence-electron chi connectivity index (χ1n) is 7.64. The summed E-state index contributed by atoms with van der Waals surface area (Å²) in [6, 6.07) is 11.4. The fraction of sp³-hybridized carbons (Fsp3) is 0.278. The molecule has 0 fully saturated rings. The van der Waals surface area contributed by atoms with Crippen LogP contribution in [-0.4, -0.2) is 11.2 Å². The van der Waals surface area contributed by atoms with Crippen LogP contribution in [0.1, 0.15) is 24.5 Å². The summed E-state index contributed by atoms with van der Waals surface area (Å²) in [6.07, 6.45) is 1.78. The van der Waals surface area contributed by atoms with E-state index in [1.165, 1.54) is 18.2 Å². The zero-order valence-corrected chi connectivity index (χ0v) is 13.7. The summed E-state index contributed by atoms with van der Waals surface area (Å²) in [6.45, 7) is 2.64. The molecule has 2 nitrogen and oxygen atoms in total. The van der Waals surface area contributed by atoms with Gasteiger partial charge in [0.25, 0.3) is 0 Å². The highest BCUT2D eigenvalue weighted by molar-refractivity contribution is 7.80. The van der Waals surface area contributed by atoms with E-state index in [0.29, 0.717) is 11.7 Å². The quantitative estimate of drug-likeness (QED) is 0.831. The van der Waals surface area contributed by atoms with E-state index >= 15 is 0 Å². The summed E-state index contributed by atoms with van der Waals surface area (Å²) in [5, 5.41) is 3.82. The maximum atomic E-state index is 13.4. The first-order chi connectivity index (χ1) is 11.0. The molecule has 5 heteroatoms. The van der Waals surface area contributed by atoms with E-state index in [2.05, 4.69) is 12.2 Å². The van der Waals surface area contributed by atoms with E-state index in [-0.39, 0.29) is 17.7 Å². The summed E-state index contributed by atoms with van der Waals surface area (Å²) in [4.78, 5) is 2.04. The minimum Gasteiger partial charge on any atom is -0.358 e. The van der Waals surface area contributed by atoms with Gasteiger partial charge in [0, 0.05) is 18.3 Å². The maximum Gasteiger partial charge on any atom is 0.173 e. The number of benzene rings is 2. The summed E-state index contributed by atoms with van der Waals surface area (Å²) in [7, 11) is 0. The van der Waals surface area contributed by atoms with Gasteiger partial charge in [0.2, 0.25) is 0 Å².